The number of nitrogens with one attached hydrogen (secondary N) is 1. The second kappa shape index (κ2) is 3.98. The Morgan fingerprint density at radius 2 is 1.94 bits per heavy atom. The molecule has 2 nitrogen and oxygen atoms in total. The number of anilines is 1. The average Bonchev–Trinajstić information content (AvgIpc) is 2.84. The van der Waals surface area contributed by atoms with Gasteiger partial charge in [0.05, 0.1) is 0 Å². The van der Waals surface area contributed by atoms with E-state index in [0.29, 0.717) is 10.7 Å². The third-order valence-electron chi connectivity index (χ3n) is 3.74. The van der Waals surface area contributed by atoms with Crippen LogP contribution in [0.15, 0.2) is 18.2 Å². The van der Waals surface area contributed by atoms with Crippen LogP contribution in [0.5, 0.6) is 0 Å². The first-order valence-electron chi connectivity index (χ1n) is 5.89. The SMILES string of the molecule is O=C(Nc1cc(F)cc(Cl)c1)C1CC2CC2C1. The van der Waals surface area contributed by atoms with Crippen LogP contribution in [-0.4, -0.2) is 5.91 Å². The normalized spacial score (nSPS) is 29.9. The van der Waals surface area contributed by atoms with E-state index in [1.165, 1.54) is 18.6 Å². The summed E-state index contributed by atoms with van der Waals surface area (Å²) in [6.07, 6.45) is 3.26. The van der Waals surface area contributed by atoms with Crippen molar-refractivity contribution in [1.29, 1.82) is 0 Å². The van der Waals surface area contributed by atoms with Crippen LogP contribution in [0, 0.1) is 23.6 Å². The Morgan fingerprint density at radius 1 is 1.24 bits per heavy atom. The standard InChI is InChI=1S/C13H13ClFNO/c14-10-4-11(15)6-12(5-10)16-13(17)9-2-7-1-8(7)3-9/h4-9H,1-3H2,(H,16,17). The molecule has 0 aliphatic heterocycles. The van der Waals surface area contributed by atoms with Gasteiger partial charge in [-0.3, -0.25) is 4.79 Å². The monoisotopic (exact) mass is 253 g/mol. The van der Waals surface area contributed by atoms with Gasteiger partial charge in [-0.25, -0.2) is 4.39 Å². The molecule has 17 heavy (non-hydrogen) atoms. The number of rotatable bonds is 2. The fraction of sp³-hybridized carbons (Fsp3) is 0.462. The fourth-order valence-electron chi connectivity index (χ4n) is 2.80. The molecule has 4 heteroatoms. The molecule has 1 aromatic rings. The summed E-state index contributed by atoms with van der Waals surface area (Å²) in [4.78, 5) is 11.9. The highest BCUT2D eigenvalue weighted by Crippen LogP contribution is 2.54. The lowest BCUT2D eigenvalue weighted by atomic mass is 10.0. The van der Waals surface area contributed by atoms with Gasteiger partial charge in [-0.15, -0.1) is 0 Å². The van der Waals surface area contributed by atoms with Crippen molar-refractivity contribution in [2.24, 2.45) is 17.8 Å². The zero-order chi connectivity index (χ0) is 12.0. The molecular formula is C13H13ClFNO. The topological polar surface area (TPSA) is 29.1 Å². The van der Waals surface area contributed by atoms with E-state index in [4.69, 9.17) is 11.6 Å². The number of carbonyl (C=O) groups excluding carboxylic acids is 1. The zero-order valence-electron chi connectivity index (χ0n) is 9.25. The number of amides is 1. The lowest BCUT2D eigenvalue weighted by molar-refractivity contribution is -0.120. The van der Waals surface area contributed by atoms with Gasteiger partial charge in [-0.05, 0) is 49.3 Å². The second-order valence-corrected chi connectivity index (χ2v) is 5.51. The van der Waals surface area contributed by atoms with Crippen LogP contribution >= 0.6 is 11.6 Å². The number of carbonyl (C=O) groups is 1. The molecule has 0 aromatic heterocycles. The first-order chi connectivity index (χ1) is 8.11. The minimum absolute atomic E-state index is 0.00105. The van der Waals surface area contributed by atoms with Gasteiger partial charge >= 0.3 is 0 Å². The molecular weight excluding hydrogens is 241 g/mol. The van der Waals surface area contributed by atoms with Crippen molar-refractivity contribution in [3.63, 3.8) is 0 Å². The van der Waals surface area contributed by atoms with E-state index in [9.17, 15) is 9.18 Å². The quantitative estimate of drug-likeness (QED) is 0.859. The Labute approximate surface area is 104 Å². The summed E-state index contributed by atoms with van der Waals surface area (Å²) in [5.74, 6) is 1.20. The van der Waals surface area contributed by atoms with E-state index in [1.54, 1.807) is 6.07 Å². The first-order valence-corrected chi connectivity index (χ1v) is 6.26. The first kappa shape index (κ1) is 11.0. The smallest absolute Gasteiger partial charge is 0.227 e. The Balaban J connectivity index is 1.67. The van der Waals surface area contributed by atoms with E-state index in [1.807, 2.05) is 0 Å². The minimum Gasteiger partial charge on any atom is -0.326 e. The summed E-state index contributed by atoms with van der Waals surface area (Å²) >= 11 is 5.73. The van der Waals surface area contributed by atoms with Gasteiger partial charge in [0.1, 0.15) is 5.82 Å². The van der Waals surface area contributed by atoms with Crippen LogP contribution in [0.3, 0.4) is 0 Å². The summed E-state index contributed by atoms with van der Waals surface area (Å²) in [6.45, 7) is 0. The number of fused-ring (bicyclic) bond motifs is 1. The maximum absolute atomic E-state index is 13.1. The molecule has 2 atom stereocenters. The van der Waals surface area contributed by atoms with Crippen molar-refractivity contribution in [2.75, 3.05) is 5.32 Å². The highest BCUT2D eigenvalue weighted by Gasteiger charge is 2.47. The van der Waals surface area contributed by atoms with Gasteiger partial charge in [0.15, 0.2) is 0 Å². The maximum atomic E-state index is 13.1. The van der Waals surface area contributed by atoms with Gasteiger partial charge in [-0.2, -0.15) is 0 Å². The highest BCUT2D eigenvalue weighted by atomic mass is 35.5. The predicted molar refractivity (Wildman–Crippen MR) is 64.4 cm³/mol. The van der Waals surface area contributed by atoms with Crippen molar-refractivity contribution in [1.82, 2.24) is 0 Å². The molecule has 90 valence electrons. The van der Waals surface area contributed by atoms with Crippen molar-refractivity contribution in [2.45, 2.75) is 19.3 Å². The van der Waals surface area contributed by atoms with Gasteiger partial charge < -0.3 is 5.32 Å². The number of halogens is 2. The fourth-order valence-corrected chi connectivity index (χ4v) is 3.02. The van der Waals surface area contributed by atoms with E-state index < -0.39 is 5.82 Å². The van der Waals surface area contributed by atoms with E-state index in [-0.39, 0.29) is 11.8 Å². The van der Waals surface area contributed by atoms with Crippen LogP contribution in [0.4, 0.5) is 10.1 Å². The zero-order valence-corrected chi connectivity index (χ0v) is 10.0. The van der Waals surface area contributed by atoms with Crippen molar-refractivity contribution >= 4 is 23.2 Å². The van der Waals surface area contributed by atoms with Gasteiger partial charge in [-0.1, -0.05) is 11.6 Å². The Hall–Kier alpha value is -1.09. The maximum Gasteiger partial charge on any atom is 0.227 e. The molecule has 0 heterocycles. The van der Waals surface area contributed by atoms with Gasteiger partial charge in [0.25, 0.3) is 0 Å². The van der Waals surface area contributed by atoms with Crippen LogP contribution in [0.2, 0.25) is 5.02 Å². The molecule has 1 aromatic carbocycles. The summed E-state index contributed by atoms with van der Waals surface area (Å²) in [5.41, 5.74) is 0.445. The van der Waals surface area contributed by atoms with Gasteiger partial charge in [0, 0.05) is 16.6 Å². The predicted octanol–water partition coefficient (Wildman–Crippen LogP) is 3.46. The van der Waals surface area contributed by atoms with Crippen LogP contribution in [0.25, 0.3) is 0 Å². The van der Waals surface area contributed by atoms with Crippen molar-refractivity contribution in [3.8, 4) is 0 Å². The van der Waals surface area contributed by atoms with Gasteiger partial charge in [0.2, 0.25) is 5.91 Å². The van der Waals surface area contributed by atoms with E-state index in [0.717, 1.165) is 24.7 Å². The van der Waals surface area contributed by atoms with Crippen LogP contribution in [-0.2, 0) is 4.79 Å². The molecule has 2 aliphatic rings. The summed E-state index contributed by atoms with van der Waals surface area (Å²) in [5, 5.41) is 3.04. The molecule has 3 rings (SSSR count). The van der Waals surface area contributed by atoms with Crippen molar-refractivity contribution in [3.05, 3.63) is 29.0 Å². The molecule has 2 fully saturated rings. The molecule has 1 N–H and O–H groups in total. The highest BCUT2D eigenvalue weighted by molar-refractivity contribution is 6.30. The van der Waals surface area contributed by atoms with E-state index in [2.05, 4.69) is 5.32 Å². The molecule has 0 saturated heterocycles. The van der Waals surface area contributed by atoms with E-state index >= 15 is 0 Å². The molecule has 0 radical (unpaired) electrons. The lowest BCUT2D eigenvalue weighted by Crippen LogP contribution is -2.21. The number of hydrogen-bond donors (Lipinski definition) is 1. The Morgan fingerprint density at radius 3 is 2.59 bits per heavy atom. The molecule has 1 amide bonds. The average molecular weight is 254 g/mol. The third kappa shape index (κ3) is 2.29. The minimum atomic E-state index is -0.429. The third-order valence-corrected chi connectivity index (χ3v) is 3.96. The van der Waals surface area contributed by atoms with Crippen molar-refractivity contribution < 1.29 is 9.18 Å². The summed E-state index contributed by atoms with van der Waals surface area (Å²) < 4.78 is 13.1. The second-order valence-electron chi connectivity index (χ2n) is 5.07. The Bertz CT molecular complexity index is 446. The molecule has 2 unspecified atom stereocenters. The van der Waals surface area contributed by atoms with Crippen LogP contribution < -0.4 is 5.32 Å². The lowest BCUT2D eigenvalue weighted by Gasteiger charge is -2.12. The number of benzene rings is 1. The molecule has 0 bridgehead atoms. The largest absolute Gasteiger partial charge is 0.326 e. The molecule has 2 saturated carbocycles. The summed E-state index contributed by atoms with van der Waals surface area (Å²) in [6, 6.07) is 4.08. The van der Waals surface area contributed by atoms with Crippen LogP contribution in [0.1, 0.15) is 19.3 Å². The summed E-state index contributed by atoms with van der Waals surface area (Å²) in [7, 11) is 0. The number of hydrogen-bond acceptors (Lipinski definition) is 1. The molecule has 0 spiro atoms. The Kier molecular flexibility index (Phi) is 2.58. The molecule has 2 aliphatic carbocycles.